The highest BCUT2D eigenvalue weighted by Gasteiger charge is 2.45. The summed E-state index contributed by atoms with van der Waals surface area (Å²) in [5.74, 6) is 1.60. The van der Waals surface area contributed by atoms with Gasteiger partial charge in [-0.05, 0) is 85.1 Å². The van der Waals surface area contributed by atoms with Gasteiger partial charge < -0.3 is 14.6 Å². The first-order valence-electron chi connectivity index (χ1n) is 13.8. The molecule has 2 fully saturated rings. The van der Waals surface area contributed by atoms with E-state index in [1.54, 1.807) is 17.3 Å². The topological polar surface area (TPSA) is 44.4 Å². The summed E-state index contributed by atoms with van der Waals surface area (Å²) in [6, 6.07) is 21.0. The van der Waals surface area contributed by atoms with Crippen molar-refractivity contribution in [1.82, 2.24) is 14.9 Å². The van der Waals surface area contributed by atoms with Crippen LogP contribution >= 0.6 is 11.6 Å². The number of nitrogens with zero attached hydrogens (tertiary/aromatic N) is 3. The maximum Gasteiger partial charge on any atom is 0.146 e. The molecule has 38 heavy (non-hydrogen) atoms. The number of aromatic amines is 1. The molecule has 6 heteroatoms. The minimum absolute atomic E-state index is 0.591. The lowest BCUT2D eigenvalue weighted by Gasteiger charge is -2.38. The number of allylic oxidation sites excluding steroid dienone is 1. The number of piperazine rings is 1. The number of halogens is 1. The van der Waals surface area contributed by atoms with Crippen LogP contribution in [-0.2, 0) is 0 Å². The quantitative estimate of drug-likeness (QED) is 0.283. The lowest BCUT2D eigenvalue weighted by atomic mass is 9.78. The van der Waals surface area contributed by atoms with Gasteiger partial charge in [0.1, 0.15) is 17.1 Å². The monoisotopic (exact) mass is 524 g/mol. The van der Waals surface area contributed by atoms with Gasteiger partial charge in [0.2, 0.25) is 0 Å². The summed E-state index contributed by atoms with van der Waals surface area (Å²) >= 11 is 6.20. The van der Waals surface area contributed by atoms with Gasteiger partial charge in [0.25, 0.3) is 0 Å². The van der Waals surface area contributed by atoms with Crippen LogP contribution in [0.3, 0.4) is 0 Å². The third-order valence-corrected chi connectivity index (χ3v) is 8.92. The molecule has 0 radical (unpaired) electrons. The summed E-state index contributed by atoms with van der Waals surface area (Å²) in [5.41, 5.74) is 7.28. The molecule has 1 saturated heterocycles. The number of nitrogens with one attached hydrogen (secondary N) is 1. The van der Waals surface area contributed by atoms with Gasteiger partial charge in [-0.15, -0.1) is 0 Å². The number of benzene rings is 2. The van der Waals surface area contributed by atoms with Crippen LogP contribution in [0.2, 0.25) is 5.02 Å². The fourth-order valence-electron chi connectivity index (χ4n) is 6.18. The van der Waals surface area contributed by atoms with Gasteiger partial charge in [-0.2, -0.15) is 0 Å². The zero-order valence-electron chi connectivity index (χ0n) is 21.6. The fraction of sp³-hybridized carbons (Fsp3) is 0.344. The largest absolute Gasteiger partial charge is 0.456 e. The number of hydrogen-bond acceptors (Lipinski definition) is 4. The molecule has 1 saturated carbocycles. The maximum atomic E-state index is 6.20. The smallest absolute Gasteiger partial charge is 0.146 e. The first-order valence-corrected chi connectivity index (χ1v) is 14.2. The van der Waals surface area contributed by atoms with E-state index in [-0.39, 0.29) is 0 Å². The molecule has 5 nitrogen and oxygen atoms in total. The molecule has 194 valence electrons. The molecular weight excluding hydrogens is 492 g/mol. The summed E-state index contributed by atoms with van der Waals surface area (Å²) in [6.45, 7) is 5.27. The Kier molecular flexibility index (Phi) is 6.13. The molecule has 7 rings (SSSR count). The van der Waals surface area contributed by atoms with Crippen LogP contribution in [0.25, 0.3) is 16.6 Å². The average molecular weight is 525 g/mol. The minimum Gasteiger partial charge on any atom is -0.456 e. The van der Waals surface area contributed by atoms with Crippen LogP contribution in [0.1, 0.15) is 37.7 Å². The second kappa shape index (κ2) is 9.79. The van der Waals surface area contributed by atoms with Gasteiger partial charge in [0, 0.05) is 61.1 Å². The number of aromatic nitrogens is 2. The third-order valence-electron chi connectivity index (χ3n) is 8.67. The Morgan fingerprint density at radius 2 is 1.76 bits per heavy atom. The van der Waals surface area contributed by atoms with E-state index < -0.39 is 0 Å². The maximum absolute atomic E-state index is 6.20. The average Bonchev–Trinajstić information content (AvgIpc) is 3.53. The SMILES string of the molecule is Clc1ccc(C2=C(CN3CCN(c4cccc(Oc5cnc6[nH]ccc6c5)c4)CC3)CCC3(CC3)C2)cc1. The first kappa shape index (κ1) is 23.8. The molecule has 2 aliphatic carbocycles. The van der Waals surface area contributed by atoms with E-state index in [1.165, 1.54) is 43.4 Å². The van der Waals surface area contributed by atoms with E-state index in [1.807, 2.05) is 36.5 Å². The molecule has 0 unspecified atom stereocenters. The second-order valence-corrected chi connectivity index (χ2v) is 11.7. The number of hydrogen-bond donors (Lipinski definition) is 1. The van der Waals surface area contributed by atoms with E-state index in [0.29, 0.717) is 5.41 Å². The van der Waals surface area contributed by atoms with Crippen molar-refractivity contribution in [3.63, 3.8) is 0 Å². The predicted octanol–water partition coefficient (Wildman–Crippen LogP) is 7.55. The van der Waals surface area contributed by atoms with Crippen LogP contribution in [0.4, 0.5) is 5.69 Å². The van der Waals surface area contributed by atoms with Crippen molar-refractivity contribution >= 4 is 33.9 Å². The third kappa shape index (κ3) is 4.93. The van der Waals surface area contributed by atoms with Crippen LogP contribution < -0.4 is 9.64 Å². The number of fused-ring (bicyclic) bond motifs is 1. The highest BCUT2D eigenvalue weighted by molar-refractivity contribution is 6.30. The first-order chi connectivity index (χ1) is 18.6. The van der Waals surface area contributed by atoms with Crippen LogP contribution in [0.5, 0.6) is 11.5 Å². The van der Waals surface area contributed by atoms with Crippen LogP contribution in [-0.4, -0.2) is 47.6 Å². The van der Waals surface area contributed by atoms with Crippen LogP contribution in [0.15, 0.2) is 78.6 Å². The number of H-pyrrole nitrogens is 1. The number of rotatable bonds is 6. The van der Waals surface area contributed by atoms with E-state index >= 15 is 0 Å². The molecule has 1 aliphatic heterocycles. The predicted molar refractivity (Wildman–Crippen MR) is 155 cm³/mol. The Balaban J connectivity index is 1.02. The lowest BCUT2D eigenvalue weighted by Crippen LogP contribution is -2.47. The molecule has 3 heterocycles. The summed E-state index contributed by atoms with van der Waals surface area (Å²) in [5, 5.41) is 1.87. The number of pyridine rings is 1. The fourth-order valence-corrected chi connectivity index (χ4v) is 6.31. The lowest BCUT2D eigenvalue weighted by molar-refractivity contribution is 0.272. The van der Waals surface area contributed by atoms with Crippen molar-refractivity contribution in [1.29, 1.82) is 0 Å². The Labute approximate surface area is 229 Å². The summed E-state index contributed by atoms with van der Waals surface area (Å²) in [6.07, 6.45) is 10.3. The molecular formula is C32H33ClN4O. The summed E-state index contributed by atoms with van der Waals surface area (Å²) in [7, 11) is 0. The zero-order valence-corrected chi connectivity index (χ0v) is 22.4. The molecule has 2 aromatic carbocycles. The standard InChI is InChI=1S/C32H33ClN4O/c33-26-6-4-23(5-7-26)30-20-32(11-12-32)10-8-25(30)22-36-14-16-37(17-15-36)27-2-1-3-28(19-27)38-29-18-24-9-13-34-31(24)35-21-29/h1-7,9,13,18-19,21H,8,10-12,14-17,20,22H2,(H,34,35). The molecule has 2 aromatic heterocycles. The Morgan fingerprint density at radius 1 is 0.921 bits per heavy atom. The van der Waals surface area contributed by atoms with Gasteiger partial charge in [-0.1, -0.05) is 35.4 Å². The van der Waals surface area contributed by atoms with Crippen molar-refractivity contribution in [2.75, 3.05) is 37.6 Å². The Hall–Kier alpha value is -3.28. The van der Waals surface area contributed by atoms with Crippen molar-refractivity contribution in [3.05, 3.63) is 89.2 Å². The van der Waals surface area contributed by atoms with E-state index in [2.05, 4.69) is 50.1 Å². The normalized spacial score (nSPS) is 19.3. The minimum atomic E-state index is 0.591. The van der Waals surface area contributed by atoms with Gasteiger partial charge in [0.15, 0.2) is 0 Å². The molecule has 0 atom stereocenters. The highest BCUT2D eigenvalue weighted by atomic mass is 35.5. The molecule has 1 N–H and O–H groups in total. The van der Waals surface area contributed by atoms with Crippen molar-refractivity contribution in [3.8, 4) is 11.5 Å². The van der Waals surface area contributed by atoms with Crippen molar-refractivity contribution in [2.24, 2.45) is 5.41 Å². The van der Waals surface area contributed by atoms with E-state index in [4.69, 9.17) is 16.3 Å². The number of ether oxygens (including phenoxy) is 1. The van der Waals surface area contributed by atoms with E-state index in [0.717, 1.165) is 60.3 Å². The zero-order chi connectivity index (χ0) is 25.5. The Morgan fingerprint density at radius 3 is 2.58 bits per heavy atom. The van der Waals surface area contributed by atoms with Gasteiger partial charge in [-0.25, -0.2) is 4.98 Å². The molecule has 3 aliphatic rings. The van der Waals surface area contributed by atoms with Crippen molar-refractivity contribution < 1.29 is 4.74 Å². The summed E-state index contributed by atoms with van der Waals surface area (Å²) in [4.78, 5) is 12.7. The van der Waals surface area contributed by atoms with Gasteiger partial charge in [0.05, 0.1) is 6.20 Å². The van der Waals surface area contributed by atoms with Gasteiger partial charge in [-0.3, -0.25) is 4.90 Å². The number of anilines is 1. The highest BCUT2D eigenvalue weighted by Crippen LogP contribution is 2.59. The Bertz CT molecular complexity index is 1480. The van der Waals surface area contributed by atoms with Crippen LogP contribution in [0, 0.1) is 5.41 Å². The van der Waals surface area contributed by atoms with Gasteiger partial charge >= 0.3 is 0 Å². The van der Waals surface area contributed by atoms with Crippen molar-refractivity contribution in [2.45, 2.75) is 32.1 Å². The molecule has 1 spiro atoms. The summed E-state index contributed by atoms with van der Waals surface area (Å²) < 4.78 is 6.16. The molecule has 0 amide bonds. The molecule has 4 aromatic rings. The molecule has 0 bridgehead atoms. The van der Waals surface area contributed by atoms with E-state index in [9.17, 15) is 0 Å². The second-order valence-electron chi connectivity index (χ2n) is 11.2.